The van der Waals surface area contributed by atoms with E-state index in [1.54, 1.807) is 0 Å². The number of carbonyl (C=O) groups is 1. The van der Waals surface area contributed by atoms with Crippen LogP contribution in [-0.2, 0) is 9.53 Å². The van der Waals surface area contributed by atoms with Crippen LogP contribution in [0.5, 0.6) is 0 Å². The molecule has 2 atom stereocenters. The predicted octanol–water partition coefficient (Wildman–Crippen LogP) is 2.07. The molecular formula is C16H30N2O2. The van der Waals surface area contributed by atoms with E-state index in [0.717, 1.165) is 57.6 Å². The van der Waals surface area contributed by atoms with Gasteiger partial charge in [0.05, 0.1) is 11.5 Å². The van der Waals surface area contributed by atoms with Gasteiger partial charge in [0.25, 0.3) is 0 Å². The molecule has 1 saturated carbocycles. The predicted molar refractivity (Wildman–Crippen MR) is 80.3 cm³/mol. The minimum absolute atomic E-state index is 0.175. The average Bonchev–Trinajstić information content (AvgIpc) is 2.93. The van der Waals surface area contributed by atoms with Crippen LogP contribution in [-0.4, -0.2) is 31.7 Å². The molecule has 4 heteroatoms. The Balaban J connectivity index is 1.86. The van der Waals surface area contributed by atoms with Crippen molar-refractivity contribution in [3.63, 3.8) is 0 Å². The van der Waals surface area contributed by atoms with Crippen molar-refractivity contribution in [3.05, 3.63) is 0 Å². The third-order valence-electron chi connectivity index (χ3n) is 5.38. The second kappa shape index (κ2) is 6.90. The van der Waals surface area contributed by atoms with Crippen molar-refractivity contribution in [2.45, 2.75) is 58.5 Å². The first-order valence-corrected chi connectivity index (χ1v) is 8.21. The highest BCUT2D eigenvalue weighted by molar-refractivity contribution is 5.83. The summed E-state index contributed by atoms with van der Waals surface area (Å²) in [6, 6.07) is 0. The molecule has 0 aromatic rings. The lowest BCUT2D eigenvalue weighted by atomic mass is 9.70. The maximum absolute atomic E-state index is 12.6. The van der Waals surface area contributed by atoms with E-state index in [-0.39, 0.29) is 11.3 Å². The van der Waals surface area contributed by atoms with Gasteiger partial charge in [0.2, 0.25) is 5.91 Å². The maximum Gasteiger partial charge on any atom is 0.227 e. The van der Waals surface area contributed by atoms with Gasteiger partial charge in [-0.2, -0.15) is 0 Å². The molecule has 2 aliphatic rings. The summed E-state index contributed by atoms with van der Waals surface area (Å²) in [6.45, 7) is 6.46. The van der Waals surface area contributed by atoms with Crippen LogP contribution in [0, 0.1) is 17.3 Å². The average molecular weight is 282 g/mol. The summed E-state index contributed by atoms with van der Waals surface area (Å²) < 4.78 is 5.68. The highest BCUT2D eigenvalue weighted by atomic mass is 16.5. The minimum atomic E-state index is -0.312. The molecule has 3 N–H and O–H groups in total. The minimum Gasteiger partial charge on any atom is -0.378 e. The summed E-state index contributed by atoms with van der Waals surface area (Å²) >= 11 is 0. The molecule has 1 aliphatic carbocycles. The Labute approximate surface area is 122 Å². The molecule has 1 aliphatic heterocycles. The molecule has 4 nitrogen and oxygen atoms in total. The zero-order valence-corrected chi connectivity index (χ0v) is 13.0. The number of carbonyl (C=O) groups excluding carboxylic acids is 1. The van der Waals surface area contributed by atoms with Crippen molar-refractivity contribution < 1.29 is 9.53 Å². The first kappa shape index (κ1) is 15.8. The van der Waals surface area contributed by atoms with Crippen molar-refractivity contribution >= 4 is 5.91 Å². The van der Waals surface area contributed by atoms with E-state index < -0.39 is 0 Å². The van der Waals surface area contributed by atoms with E-state index in [1.807, 2.05) is 0 Å². The van der Waals surface area contributed by atoms with E-state index in [9.17, 15) is 4.79 Å². The Morgan fingerprint density at radius 1 is 1.35 bits per heavy atom. The van der Waals surface area contributed by atoms with Gasteiger partial charge in [-0.25, -0.2) is 0 Å². The van der Waals surface area contributed by atoms with Crippen molar-refractivity contribution in [3.8, 4) is 0 Å². The summed E-state index contributed by atoms with van der Waals surface area (Å²) in [6.07, 6.45) is 6.52. The molecule has 0 radical (unpaired) electrons. The lowest BCUT2D eigenvalue weighted by Crippen LogP contribution is -2.49. The Morgan fingerprint density at radius 2 is 2.05 bits per heavy atom. The van der Waals surface area contributed by atoms with Gasteiger partial charge in [0, 0.05) is 25.6 Å². The summed E-state index contributed by atoms with van der Waals surface area (Å²) in [5.74, 6) is 1.38. The third kappa shape index (κ3) is 3.34. The number of hydrogen-bond donors (Lipinski definition) is 2. The number of nitrogens with two attached hydrogens (primary N) is 1. The van der Waals surface area contributed by atoms with E-state index >= 15 is 0 Å². The van der Waals surface area contributed by atoms with Gasteiger partial charge >= 0.3 is 0 Å². The zero-order chi connectivity index (χ0) is 14.6. The standard InChI is InChI=1S/C16H30N2O2/c1-3-14-13(6-9-20-14)10-18-15(19)16(11-17)7-4-12(2)5-8-16/h12-14H,3-11,17H2,1-2H3,(H,18,19). The molecule has 2 rings (SSSR count). The van der Waals surface area contributed by atoms with Crippen LogP contribution in [0.2, 0.25) is 0 Å². The molecule has 20 heavy (non-hydrogen) atoms. The molecule has 1 saturated heterocycles. The Bertz CT molecular complexity index is 324. The largest absolute Gasteiger partial charge is 0.378 e. The fourth-order valence-corrected chi connectivity index (χ4v) is 3.63. The molecule has 0 bridgehead atoms. The van der Waals surface area contributed by atoms with E-state index in [0.29, 0.717) is 18.6 Å². The van der Waals surface area contributed by atoms with Crippen molar-refractivity contribution in [1.82, 2.24) is 5.32 Å². The van der Waals surface area contributed by atoms with Gasteiger partial charge in [0.1, 0.15) is 0 Å². The molecule has 2 fully saturated rings. The van der Waals surface area contributed by atoms with Crippen molar-refractivity contribution in [1.29, 1.82) is 0 Å². The SMILES string of the molecule is CCC1OCCC1CNC(=O)C1(CN)CCC(C)CC1. The monoisotopic (exact) mass is 282 g/mol. The number of amides is 1. The highest BCUT2D eigenvalue weighted by Gasteiger charge is 2.40. The second-order valence-electron chi connectivity index (χ2n) is 6.74. The quantitative estimate of drug-likeness (QED) is 0.811. The van der Waals surface area contributed by atoms with Crippen LogP contribution < -0.4 is 11.1 Å². The normalized spacial score (nSPS) is 37.9. The Kier molecular flexibility index (Phi) is 5.44. The van der Waals surface area contributed by atoms with Gasteiger partial charge in [-0.05, 0) is 44.4 Å². The summed E-state index contributed by atoms with van der Waals surface area (Å²) in [4.78, 5) is 12.6. The lowest BCUT2D eigenvalue weighted by molar-refractivity contribution is -0.133. The van der Waals surface area contributed by atoms with Gasteiger partial charge in [-0.3, -0.25) is 4.79 Å². The van der Waals surface area contributed by atoms with Gasteiger partial charge in [-0.15, -0.1) is 0 Å². The smallest absolute Gasteiger partial charge is 0.227 e. The van der Waals surface area contributed by atoms with Crippen molar-refractivity contribution in [2.75, 3.05) is 19.7 Å². The zero-order valence-electron chi connectivity index (χ0n) is 13.0. The van der Waals surface area contributed by atoms with Gasteiger partial charge < -0.3 is 15.8 Å². The molecule has 116 valence electrons. The van der Waals surface area contributed by atoms with Gasteiger partial charge in [0.15, 0.2) is 0 Å². The molecule has 0 spiro atoms. The lowest BCUT2D eigenvalue weighted by Gasteiger charge is -2.37. The first-order chi connectivity index (χ1) is 9.61. The third-order valence-corrected chi connectivity index (χ3v) is 5.38. The second-order valence-corrected chi connectivity index (χ2v) is 6.74. The van der Waals surface area contributed by atoms with Crippen LogP contribution in [0.3, 0.4) is 0 Å². The highest BCUT2D eigenvalue weighted by Crippen LogP contribution is 2.38. The number of nitrogens with one attached hydrogen (secondary N) is 1. The molecule has 1 amide bonds. The molecule has 2 unspecified atom stereocenters. The summed E-state index contributed by atoms with van der Waals surface area (Å²) in [7, 11) is 0. The maximum atomic E-state index is 12.6. The number of hydrogen-bond acceptors (Lipinski definition) is 3. The molecule has 0 aromatic heterocycles. The Morgan fingerprint density at radius 3 is 2.65 bits per heavy atom. The van der Waals surface area contributed by atoms with E-state index in [4.69, 9.17) is 10.5 Å². The van der Waals surface area contributed by atoms with Crippen LogP contribution in [0.25, 0.3) is 0 Å². The van der Waals surface area contributed by atoms with Gasteiger partial charge in [-0.1, -0.05) is 13.8 Å². The topological polar surface area (TPSA) is 64.3 Å². The summed E-state index contributed by atoms with van der Waals surface area (Å²) in [5, 5.41) is 3.17. The first-order valence-electron chi connectivity index (χ1n) is 8.21. The van der Waals surface area contributed by atoms with Crippen LogP contribution in [0.1, 0.15) is 52.4 Å². The van der Waals surface area contributed by atoms with E-state index in [2.05, 4.69) is 19.2 Å². The summed E-state index contributed by atoms with van der Waals surface area (Å²) in [5.41, 5.74) is 5.62. The number of rotatable bonds is 5. The van der Waals surface area contributed by atoms with E-state index in [1.165, 1.54) is 0 Å². The molecular weight excluding hydrogens is 252 g/mol. The van der Waals surface area contributed by atoms with Crippen molar-refractivity contribution in [2.24, 2.45) is 23.0 Å². The fraction of sp³-hybridized carbons (Fsp3) is 0.938. The fourth-order valence-electron chi connectivity index (χ4n) is 3.63. The van der Waals surface area contributed by atoms with Crippen LogP contribution in [0.15, 0.2) is 0 Å². The number of ether oxygens (including phenoxy) is 1. The molecule has 0 aromatic carbocycles. The van der Waals surface area contributed by atoms with Crippen LogP contribution >= 0.6 is 0 Å². The van der Waals surface area contributed by atoms with Crippen LogP contribution in [0.4, 0.5) is 0 Å². The molecule has 1 heterocycles. The Hall–Kier alpha value is -0.610.